The lowest BCUT2D eigenvalue weighted by Crippen LogP contribution is -2.38. The maximum absolute atomic E-state index is 13.2. The van der Waals surface area contributed by atoms with Gasteiger partial charge in [-0.05, 0) is 48.9 Å². The predicted molar refractivity (Wildman–Crippen MR) is 143 cm³/mol. The van der Waals surface area contributed by atoms with E-state index in [1.165, 1.54) is 34.4 Å². The number of allylic oxidation sites excluding steroid dienone is 3. The Morgan fingerprint density at radius 1 is 1.28 bits per heavy atom. The lowest BCUT2D eigenvalue weighted by Gasteiger charge is -2.37. The average molecular weight is 535 g/mol. The van der Waals surface area contributed by atoms with Crippen LogP contribution in [-0.4, -0.2) is 27.6 Å². The number of hydrogen-bond acceptors (Lipinski definition) is 10. The maximum atomic E-state index is 13.2. The molecule has 0 spiro atoms. The summed E-state index contributed by atoms with van der Waals surface area (Å²) >= 11 is 4.09. The molecule has 5 rings (SSSR count). The molecule has 1 unspecified atom stereocenters. The van der Waals surface area contributed by atoms with E-state index in [0.717, 1.165) is 21.8 Å². The quantitative estimate of drug-likeness (QED) is 0.426. The van der Waals surface area contributed by atoms with E-state index in [2.05, 4.69) is 21.6 Å². The molecule has 3 N–H and O–H groups in total. The average Bonchev–Trinajstić information content (AvgIpc) is 3.51. The third-order valence-corrected chi connectivity index (χ3v) is 9.17. The summed E-state index contributed by atoms with van der Waals surface area (Å²) in [6.07, 6.45) is 1.81. The number of carbonyl (C=O) groups excluding carboxylic acids is 2. The van der Waals surface area contributed by atoms with E-state index in [9.17, 15) is 14.9 Å². The van der Waals surface area contributed by atoms with Crippen molar-refractivity contribution >= 4 is 56.9 Å². The fourth-order valence-corrected chi connectivity index (χ4v) is 7.17. The molecule has 1 aromatic carbocycles. The minimum Gasteiger partial charge on any atom is -0.384 e. The first-order valence-corrected chi connectivity index (χ1v) is 14.0. The van der Waals surface area contributed by atoms with Gasteiger partial charge in [0.05, 0.1) is 23.3 Å². The maximum Gasteiger partial charge on any atom is 0.234 e. The molecule has 0 saturated carbocycles. The summed E-state index contributed by atoms with van der Waals surface area (Å²) in [6.45, 7) is 1.99. The molecule has 36 heavy (non-hydrogen) atoms. The van der Waals surface area contributed by atoms with Crippen molar-refractivity contribution in [3.63, 3.8) is 0 Å². The number of Topliss-reactive ketones (excluding diaryl/α,β-unsaturated/α-hetero) is 1. The van der Waals surface area contributed by atoms with Gasteiger partial charge in [-0.1, -0.05) is 41.3 Å². The number of amides is 1. The second-order valence-corrected chi connectivity index (χ2v) is 11.5. The number of aryl methyl sites for hydroxylation is 1. The van der Waals surface area contributed by atoms with Gasteiger partial charge in [0.2, 0.25) is 11.0 Å². The van der Waals surface area contributed by atoms with Crippen LogP contribution in [0.15, 0.2) is 68.8 Å². The lowest BCUT2D eigenvalue weighted by molar-refractivity contribution is -0.116. The Bertz CT molecular complexity index is 1430. The number of anilines is 2. The van der Waals surface area contributed by atoms with E-state index in [4.69, 9.17) is 5.73 Å². The normalized spacial score (nSPS) is 17.7. The van der Waals surface area contributed by atoms with Crippen LogP contribution in [0.3, 0.4) is 0 Å². The lowest BCUT2D eigenvalue weighted by atomic mass is 9.78. The highest BCUT2D eigenvalue weighted by molar-refractivity contribution is 8.01. The van der Waals surface area contributed by atoms with Crippen LogP contribution in [-0.2, 0) is 9.59 Å². The van der Waals surface area contributed by atoms with E-state index >= 15 is 0 Å². The van der Waals surface area contributed by atoms with Gasteiger partial charge in [0.25, 0.3) is 0 Å². The van der Waals surface area contributed by atoms with Gasteiger partial charge < -0.3 is 11.1 Å². The Hall–Kier alpha value is -3.46. The van der Waals surface area contributed by atoms with E-state index in [-0.39, 0.29) is 23.3 Å². The van der Waals surface area contributed by atoms with Crippen LogP contribution in [0.1, 0.15) is 35.6 Å². The number of rotatable bonds is 6. The van der Waals surface area contributed by atoms with Crippen LogP contribution in [0.2, 0.25) is 0 Å². The molecule has 0 saturated heterocycles. The number of nitrogens with one attached hydrogen (secondary N) is 1. The number of nitrogens with zero attached hydrogens (tertiary/aromatic N) is 4. The molecule has 11 heteroatoms. The highest BCUT2D eigenvalue weighted by Gasteiger charge is 2.42. The summed E-state index contributed by atoms with van der Waals surface area (Å²) in [4.78, 5) is 28.2. The minimum atomic E-state index is -0.461. The highest BCUT2D eigenvalue weighted by atomic mass is 32.2. The Labute approximate surface area is 220 Å². The number of thiophene rings is 1. The number of hydrogen-bond donors (Lipinski definition) is 2. The molecule has 2 aromatic heterocycles. The molecule has 0 radical (unpaired) electrons. The Balaban J connectivity index is 1.43. The number of ketones is 1. The number of thioether (sulfide) groups is 1. The van der Waals surface area contributed by atoms with Crippen molar-refractivity contribution < 1.29 is 9.59 Å². The first-order chi connectivity index (χ1) is 17.5. The molecule has 182 valence electrons. The molecule has 2 aliphatic rings. The van der Waals surface area contributed by atoms with Crippen molar-refractivity contribution in [2.45, 2.75) is 36.4 Å². The fraction of sp³-hybridized carbons (Fsp3) is 0.240. The first kappa shape index (κ1) is 24.2. The molecule has 0 fully saturated rings. The number of nitrogens with two attached hydrogens (primary N) is 1. The molecular formula is C25H22N6O2S3. The van der Waals surface area contributed by atoms with Gasteiger partial charge in [-0.25, -0.2) is 0 Å². The number of carbonyl (C=O) groups is 2. The molecule has 0 bridgehead atoms. The SMILES string of the molecule is Cc1ccsc1C1C(C#N)=C(N)N(c2nnc(SCC(=O)Nc3ccccc3)s2)C2=C1C(=O)CCC2. The van der Waals surface area contributed by atoms with E-state index in [0.29, 0.717) is 39.9 Å². The van der Waals surface area contributed by atoms with Crippen molar-refractivity contribution in [1.82, 2.24) is 10.2 Å². The molecule has 1 amide bonds. The van der Waals surface area contributed by atoms with Gasteiger partial charge in [0.1, 0.15) is 5.82 Å². The number of benzene rings is 1. The van der Waals surface area contributed by atoms with Crippen molar-refractivity contribution in [2.24, 2.45) is 5.73 Å². The first-order valence-electron chi connectivity index (χ1n) is 11.3. The van der Waals surface area contributed by atoms with Crippen LogP contribution in [0, 0.1) is 18.3 Å². The van der Waals surface area contributed by atoms with Crippen molar-refractivity contribution in [2.75, 3.05) is 16.0 Å². The third-order valence-electron chi connectivity index (χ3n) is 6.05. The smallest absolute Gasteiger partial charge is 0.234 e. The zero-order valence-electron chi connectivity index (χ0n) is 19.4. The second-order valence-electron chi connectivity index (χ2n) is 8.34. The van der Waals surface area contributed by atoms with Gasteiger partial charge >= 0.3 is 0 Å². The van der Waals surface area contributed by atoms with E-state index in [1.807, 2.05) is 48.7 Å². The minimum absolute atomic E-state index is 0.0380. The van der Waals surface area contributed by atoms with Gasteiger partial charge in [0, 0.05) is 28.3 Å². The molecule has 3 heterocycles. The third kappa shape index (κ3) is 4.55. The molecule has 8 nitrogen and oxygen atoms in total. The van der Waals surface area contributed by atoms with Gasteiger partial charge in [-0.15, -0.1) is 21.5 Å². The Morgan fingerprint density at radius 2 is 2.08 bits per heavy atom. The standard InChI is InChI=1S/C25H22N6O2S3/c1-14-10-11-34-22(14)20-16(12-26)23(27)31(17-8-5-9-18(32)21(17)20)24-29-30-25(36-24)35-13-19(33)28-15-6-3-2-4-7-15/h2-4,6-7,10-11,20H,5,8-9,13,27H2,1H3,(H,28,33). The summed E-state index contributed by atoms with van der Waals surface area (Å²) in [6, 6.07) is 13.5. The Morgan fingerprint density at radius 3 is 2.81 bits per heavy atom. The summed E-state index contributed by atoms with van der Waals surface area (Å²) in [5.41, 5.74) is 10.1. The number of para-hydroxylation sites is 1. The molecule has 1 aliphatic carbocycles. The zero-order chi connectivity index (χ0) is 25.2. The predicted octanol–water partition coefficient (Wildman–Crippen LogP) is 4.94. The molecule has 1 atom stereocenters. The van der Waals surface area contributed by atoms with E-state index < -0.39 is 5.92 Å². The summed E-state index contributed by atoms with van der Waals surface area (Å²) in [7, 11) is 0. The van der Waals surface area contributed by atoms with Gasteiger partial charge in [0.15, 0.2) is 10.1 Å². The molecule has 3 aromatic rings. The largest absolute Gasteiger partial charge is 0.384 e. The highest BCUT2D eigenvalue weighted by Crippen LogP contribution is 2.48. The molecular weight excluding hydrogens is 513 g/mol. The van der Waals surface area contributed by atoms with Crippen molar-refractivity contribution in [3.8, 4) is 6.07 Å². The monoisotopic (exact) mass is 534 g/mol. The topological polar surface area (TPSA) is 125 Å². The van der Waals surface area contributed by atoms with Crippen LogP contribution in [0.5, 0.6) is 0 Å². The fourth-order valence-electron chi connectivity index (χ4n) is 4.44. The van der Waals surface area contributed by atoms with Crippen LogP contribution in [0.25, 0.3) is 0 Å². The summed E-state index contributed by atoms with van der Waals surface area (Å²) < 4.78 is 0.597. The Kier molecular flexibility index (Phi) is 6.91. The summed E-state index contributed by atoms with van der Waals surface area (Å²) in [5, 5.41) is 24.0. The van der Waals surface area contributed by atoms with Crippen LogP contribution in [0.4, 0.5) is 10.8 Å². The zero-order valence-corrected chi connectivity index (χ0v) is 21.8. The molecule has 1 aliphatic heterocycles. The van der Waals surface area contributed by atoms with Gasteiger partial charge in [-0.2, -0.15) is 5.26 Å². The summed E-state index contributed by atoms with van der Waals surface area (Å²) in [5.74, 6) is -0.124. The van der Waals surface area contributed by atoms with Crippen LogP contribution >= 0.6 is 34.4 Å². The second kappa shape index (κ2) is 10.3. The number of nitriles is 1. The number of aromatic nitrogens is 2. The van der Waals surface area contributed by atoms with Gasteiger partial charge in [-0.3, -0.25) is 14.5 Å². The van der Waals surface area contributed by atoms with E-state index in [1.54, 1.807) is 4.90 Å². The van der Waals surface area contributed by atoms with Crippen LogP contribution < -0.4 is 16.0 Å². The van der Waals surface area contributed by atoms with Crippen molar-refractivity contribution in [3.05, 3.63) is 74.9 Å². The van der Waals surface area contributed by atoms with Crippen molar-refractivity contribution in [1.29, 1.82) is 5.26 Å².